The molecule has 1 aromatic carbocycles. The molecule has 0 aliphatic carbocycles. The van der Waals surface area contributed by atoms with Crippen molar-refractivity contribution in [2.75, 3.05) is 27.4 Å². The van der Waals surface area contributed by atoms with E-state index in [-0.39, 0.29) is 22.0 Å². The number of rotatable bonds is 6. The molecular formula is C12H15BrFNO3. The predicted molar refractivity (Wildman–Crippen MR) is 69.1 cm³/mol. The van der Waals surface area contributed by atoms with Crippen molar-refractivity contribution in [3.63, 3.8) is 0 Å². The van der Waals surface area contributed by atoms with Crippen LogP contribution in [0.5, 0.6) is 0 Å². The van der Waals surface area contributed by atoms with Gasteiger partial charge in [0, 0.05) is 20.8 Å². The molecule has 0 aromatic heterocycles. The van der Waals surface area contributed by atoms with Crippen LogP contribution in [0.4, 0.5) is 4.39 Å². The summed E-state index contributed by atoms with van der Waals surface area (Å²) in [4.78, 5) is 11.8. The van der Waals surface area contributed by atoms with E-state index in [0.717, 1.165) is 0 Å². The summed E-state index contributed by atoms with van der Waals surface area (Å²) in [6.07, 6.45) is -0.230. The van der Waals surface area contributed by atoms with Gasteiger partial charge in [0.15, 0.2) is 0 Å². The van der Waals surface area contributed by atoms with Crippen molar-refractivity contribution in [2.45, 2.75) is 6.10 Å². The summed E-state index contributed by atoms with van der Waals surface area (Å²) in [5.74, 6) is -0.831. The Balaban J connectivity index is 2.62. The highest BCUT2D eigenvalue weighted by Crippen LogP contribution is 2.20. The first-order valence-corrected chi connectivity index (χ1v) is 6.13. The average Bonchev–Trinajstić information content (AvgIpc) is 2.37. The standard InChI is InChI=1S/C12H15BrFNO3/c1-17-7-8(18-2)6-15-12(16)9-4-3-5-10(14)11(9)13/h3-5,8H,6-7H2,1-2H3,(H,15,16). The Morgan fingerprint density at radius 2 is 2.22 bits per heavy atom. The minimum absolute atomic E-state index is 0.156. The highest BCUT2D eigenvalue weighted by molar-refractivity contribution is 9.10. The molecule has 1 unspecified atom stereocenters. The maximum atomic E-state index is 13.3. The normalized spacial score (nSPS) is 12.2. The van der Waals surface area contributed by atoms with Crippen molar-refractivity contribution in [1.29, 1.82) is 0 Å². The fourth-order valence-electron chi connectivity index (χ4n) is 1.38. The van der Waals surface area contributed by atoms with E-state index in [4.69, 9.17) is 9.47 Å². The highest BCUT2D eigenvalue weighted by atomic mass is 79.9. The lowest BCUT2D eigenvalue weighted by Crippen LogP contribution is -2.35. The number of carbonyl (C=O) groups is 1. The number of methoxy groups -OCH3 is 2. The van der Waals surface area contributed by atoms with Gasteiger partial charge >= 0.3 is 0 Å². The molecule has 1 aromatic rings. The summed E-state index contributed by atoms with van der Waals surface area (Å²) in [5, 5.41) is 2.66. The number of carbonyl (C=O) groups excluding carboxylic acids is 1. The molecule has 0 saturated carbocycles. The van der Waals surface area contributed by atoms with Gasteiger partial charge in [0.25, 0.3) is 5.91 Å². The third-order valence-electron chi connectivity index (χ3n) is 2.37. The average molecular weight is 320 g/mol. The van der Waals surface area contributed by atoms with Crippen LogP contribution in [0.3, 0.4) is 0 Å². The third-order valence-corrected chi connectivity index (χ3v) is 3.18. The lowest BCUT2D eigenvalue weighted by Gasteiger charge is -2.15. The molecule has 1 N–H and O–H groups in total. The van der Waals surface area contributed by atoms with Crippen LogP contribution in [0.2, 0.25) is 0 Å². The van der Waals surface area contributed by atoms with Crippen LogP contribution in [0.25, 0.3) is 0 Å². The molecule has 0 spiro atoms. The molecule has 1 atom stereocenters. The Hall–Kier alpha value is -0.980. The summed E-state index contributed by atoms with van der Waals surface area (Å²) in [5.41, 5.74) is 0.252. The van der Waals surface area contributed by atoms with E-state index in [1.54, 1.807) is 13.2 Å². The largest absolute Gasteiger partial charge is 0.382 e. The first-order valence-electron chi connectivity index (χ1n) is 5.34. The van der Waals surface area contributed by atoms with Gasteiger partial charge in [-0.05, 0) is 28.1 Å². The number of nitrogens with one attached hydrogen (secondary N) is 1. The molecule has 0 fully saturated rings. The molecule has 6 heteroatoms. The fraction of sp³-hybridized carbons (Fsp3) is 0.417. The molecule has 0 saturated heterocycles. The molecular weight excluding hydrogens is 305 g/mol. The minimum Gasteiger partial charge on any atom is -0.382 e. The van der Waals surface area contributed by atoms with E-state index >= 15 is 0 Å². The highest BCUT2D eigenvalue weighted by Gasteiger charge is 2.14. The second-order valence-electron chi connectivity index (χ2n) is 3.62. The molecule has 0 radical (unpaired) electrons. The molecule has 0 aliphatic rings. The van der Waals surface area contributed by atoms with E-state index in [1.165, 1.54) is 19.2 Å². The van der Waals surface area contributed by atoms with Gasteiger partial charge in [-0.15, -0.1) is 0 Å². The van der Waals surface area contributed by atoms with Crippen LogP contribution in [0.1, 0.15) is 10.4 Å². The monoisotopic (exact) mass is 319 g/mol. The number of benzene rings is 1. The second-order valence-corrected chi connectivity index (χ2v) is 4.42. The first-order chi connectivity index (χ1) is 8.60. The zero-order valence-corrected chi connectivity index (χ0v) is 11.8. The molecule has 0 aliphatic heterocycles. The topological polar surface area (TPSA) is 47.6 Å². The van der Waals surface area contributed by atoms with E-state index in [0.29, 0.717) is 13.2 Å². The molecule has 1 amide bonds. The van der Waals surface area contributed by atoms with Crippen molar-refractivity contribution in [3.05, 3.63) is 34.1 Å². The number of halogens is 2. The van der Waals surface area contributed by atoms with Gasteiger partial charge < -0.3 is 14.8 Å². The third kappa shape index (κ3) is 4.04. The van der Waals surface area contributed by atoms with E-state index in [1.807, 2.05) is 0 Å². The van der Waals surface area contributed by atoms with Gasteiger partial charge in [0.05, 0.1) is 22.7 Å². The predicted octanol–water partition coefficient (Wildman–Crippen LogP) is 1.98. The van der Waals surface area contributed by atoms with Gasteiger partial charge in [0.2, 0.25) is 0 Å². The molecule has 100 valence electrons. The summed E-state index contributed by atoms with van der Waals surface area (Å²) in [6.45, 7) is 0.674. The zero-order valence-electron chi connectivity index (χ0n) is 10.2. The van der Waals surface area contributed by atoms with Crippen molar-refractivity contribution in [3.8, 4) is 0 Å². The summed E-state index contributed by atoms with van der Waals surface area (Å²) in [7, 11) is 3.09. The fourth-order valence-corrected chi connectivity index (χ4v) is 1.82. The molecule has 0 heterocycles. The van der Waals surface area contributed by atoms with Gasteiger partial charge in [-0.25, -0.2) is 4.39 Å². The Kier molecular flexibility index (Phi) is 6.24. The van der Waals surface area contributed by atoms with Gasteiger partial charge in [0.1, 0.15) is 5.82 Å². The van der Waals surface area contributed by atoms with E-state index < -0.39 is 5.82 Å². The van der Waals surface area contributed by atoms with Crippen LogP contribution in [-0.4, -0.2) is 39.4 Å². The summed E-state index contributed by atoms with van der Waals surface area (Å²) >= 11 is 3.04. The number of hydrogen-bond donors (Lipinski definition) is 1. The molecule has 4 nitrogen and oxygen atoms in total. The SMILES string of the molecule is COCC(CNC(=O)c1cccc(F)c1Br)OC. The van der Waals surface area contributed by atoms with Crippen molar-refractivity contribution in [1.82, 2.24) is 5.32 Å². The smallest absolute Gasteiger partial charge is 0.252 e. The molecule has 1 rings (SSSR count). The molecule has 18 heavy (non-hydrogen) atoms. The van der Waals surface area contributed by atoms with Crippen LogP contribution < -0.4 is 5.32 Å². The second kappa shape index (κ2) is 7.45. The lowest BCUT2D eigenvalue weighted by molar-refractivity contribution is 0.0285. The van der Waals surface area contributed by atoms with Crippen LogP contribution in [-0.2, 0) is 9.47 Å². The number of hydrogen-bond acceptors (Lipinski definition) is 3. The van der Waals surface area contributed by atoms with Crippen LogP contribution in [0.15, 0.2) is 22.7 Å². The zero-order chi connectivity index (χ0) is 13.5. The van der Waals surface area contributed by atoms with Gasteiger partial charge in [-0.3, -0.25) is 4.79 Å². The van der Waals surface area contributed by atoms with Crippen LogP contribution in [0, 0.1) is 5.82 Å². The number of amides is 1. The van der Waals surface area contributed by atoms with Crippen LogP contribution >= 0.6 is 15.9 Å². The van der Waals surface area contributed by atoms with Gasteiger partial charge in [-0.2, -0.15) is 0 Å². The van der Waals surface area contributed by atoms with E-state index in [2.05, 4.69) is 21.2 Å². The Morgan fingerprint density at radius 3 is 2.83 bits per heavy atom. The summed E-state index contributed by atoms with van der Waals surface area (Å²) < 4.78 is 23.4. The quantitative estimate of drug-likeness (QED) is 0.872. The lowest BCUT2D eigenvalue weighted by atomic mass is 10.2. The van der Waals surface area contributed by atoms with Crippen molar-refractivity contribution in [2.24, 2.45) is 0 Å². The Morgan fingerprint density at radius 1 is 1.50 bits per heavy atom. The maximum absolute atomic E-state index is 13.3. The first kappa shape index (κ1) is 15.1. The Labute approximate surface area is 114 Å². The molecule has 0 bridgehead atoms. The minimum atomic E-state index is -0.470. The van der Waals surface area contributed by atoms with Crippen molar-refractivity contribution >= 4 is 21.8 Å². The van der Waals surface area contributed by atoms with E-state index in [9.17, 15) is 9.18 Å². The van der Waals surface area contributed by atoms with Gasteiger partial charge in [-0.1, -0.05) is 6.07 Å². The Bertz CT molecular complexity index is 414. The van der Waals surface area contributed by atoms with Crippen molar-refractivity contribution < 1.29 is 18.7 Å². The number of ether oxygens (including phenoxy) is 2. The summed E-state index contributed by atoms with van der Waals surface area (Å²) in [6, 6.07) is 4.31. The maximum Gasteiger partial charge on any atom is 0.252 e.